The minimum atomic E-state index is -0.667. The number of hydrogen-bond acceptors (Lipinski definition) is 8. The third-order valence-corrected chi connectivity index (χ3v) is 5.90. The molecule has 2 aromatic rings. The van der Waals surface area contributed by atoms with Gasteiger partial charge in [-0.05, 0) is 70.4 Å². The summed E-state index contributed by atoms with van der Waals surface area (Å²) in [4.78, 5) is 22.2. The molecule has 1 saturated heterocycles. The van der Waals surface area contributed by atoms with Crippen LogP contribution in [0.3, 0.4) is 0 Å². The van der Waals surface area contributed by atoms with Gasteiger partial charge < -0.3 is 14.1 Å². The molecule has 0 amide bonds. The van der Waals surface area contributed by atoms with Crippen molar-refractivity contribution in [3.05, 3.63) is 29.9 Å². The molecule has 9 heteroatoms. The summed E-state index contributed by atoms with van der Waals surface area (Å²) in [6.07, 6.45) is 3.85. The van der Waals surface area contributed by atoms with Gasteiger partial charge in [0.05, 0.1) is 0 Å². The Balaban J connectivity index is 1.50. The van der Waals surface area contributed by atoms with Gasteiger partial charge in [-0.1, -0.05) is 12.1 Å². The highest BCUT2D eigenvalue weighted by Gasteiger charge is 2.27. The van der Waals surface area contributed by atoms with Crippen molar-refractivity contribution < 1.29 is 23.3 Å². The average Bonchev–Trinajstić information content (AvgIpc) is 3.18. The lowest BCUT2D eigenvalue weighted by atomic mass is 9.88. The maximum Gasteiger partial charge on any atom is 0.528 e. The second-order valence-corrected chi connectivity index (χ2v) is 9.72. The van der Waals surface area contributed by atoms with Crippen LogP contribution in [0.15, 0.2) is 27.6 Å². The number of carbonyl (C=O) groups is 1. The molecule has 1 aliphatic heterocycles. The molecule has 0 bridgehead atoms. The van der Waals surface area contributed by atoms with Crippen LogP contribution in [0.1, 0.15) is 58.8 Å². The molecule has 7 nitrogen and oxygen atoms in total. The smallest absolute Gasteiger partial charge is 0.427 e. The van der Waals surface area contributed by atoms with Crippen molar-refractivity contribution in [1.82, 2.24) is 15.2 Å². The summed E-state index contributed by atoms with van der Waals surface area (Å²) in [6.45, 7) is 8.79. The van der Waals surface area contributed by atoms with E-state index in [9.17, 15) is 9.18 Å². The molecule has 0 N–H and O–H groups in total. The number of rotatable bonds is 6. The second-order valence-electron chi connectivity index (χ2n) is 8.87. The summed E-state index contributed by atoms with van der Waals surface area (Å²) in [5, 5.41) is 5.69. The number of carbonyl (C=O) groups excluding carboxylic acids is 1. The quantitative estimate of drug-likeness (QED) is 0.411. The van der Waals surface area contributed by atoms with Crippen LogP contribution in [0.25, 0.3) is 11.4 Å². The Labute approximate surface area is 186 Å². The molecule has 1 atom stereocenters. The summed E-state index contributed by atoms with van der Waals surface area (Å²) >= 11 is 1.36. The highest BCUT2D eigenvalue weighted by Crippen LogP contribution is 2.31. The van der Waals surface area contributed by atoms with Crippen molar-refractivity contribution >= 4 is 17.9 Å². The van der Waals surface area contributed by atoms with E-state index in [-0.39, 0.29) is 11.7 Å². The molecule has 1 aromatic carbocycles. The molecule has 0 spiro atoms. The third kappa shape index (κ3) is 6.67. The normalized spacial score (nSPS) is 16.8. The van der Waals surface area contributed by atoms with Gasteiger partial charge in [0.15, 0.2) is 0 Å². The van der Waals surface area contributed by atoms with Crippen LogP contribution < -0.4 is 0 Å². The fourth-order valence-electron chi connectivity index (χ4n) is 3.57. The maximum atomic E-state index is 14.1. The van der Waals surface area contributed by atoms with Crippen LogP contribution in [0.4, 0.5) is 9.18 Å². The molecule has 1 fully saturated rings. The molecule has 0 radical (unpaired) electrons. The highest BCUT2D eigenvalue weighted by atomic mass is 32.2. The number of ether oxygens (including phenoxy) is 1. The summed E-state index contributed by atoms with van der Waals surface area (Å²) in [7, 11) is 0. The Morgan fingerprint density at radius 3 is 2.68 bits per heavy atom. The van der Waals surface area contributed by atoms with Gasteiger partial charge in [0.1, 0.15) is 11.4 Å². The zero-order chi connectivity index (χ0) is 22.6. The van der Waals surface area contributed by atoms with Gasteiger partial charge in [-0.25, -0.2) is 9.18 Å². The molecular weight excluding hydrogens is 421 g/mol. The fourth-order valence-corrected chi connectivity index (χ4v) is 4.03. The Bertz CT molecular complexity index is 891. The van der Waals surface area contributed by atoms with E-state index in [0.717, 1.165) is 19.3 Å². The Morgan fingerprint density at radius 2 is 2.06 bits per heavy atom. The van der Waals surface area contributed by atoms with Crippen LogP contribution in [0.5, 0.6) is 0 Å². The van der Waals surface area contributed by atoms with Gasteiger partial charge in [-0.2, -0.15) is 4.98 Å². The first-order chi connectivity index (χ1) is 14.6. The number of hydrogen-bond donors (Lipinski definition) is 0. The standard InChI is InChI=1S/C22H30FN3O4S/c1-14(12-15-8-10-26(11-9-15)30-21(27)28-22(2,3)4)20-24-19(25-29-20)16-6-7-18(31-5)17(23)13-16/h6-7,13-15H,8-12H2,1-5H3. The molecule has 2 heterocycles. The molecule has 0 saturated carbocycles. The molecule has 0 aliphatic carbocycles. The number of benzene rings is 1. The van der Waals surface area contributed by atoms with Crippen molar-refractivity contribution in [2.45, 2.75) is 63.4 Å². The van der Waals surface area contributed by atoms with Crippen molar-refractivity contribution in [1.29, 1.82) is 0 Å². The first-order valence-corrected chi connectivity index (χ1v) is 11.7. The lowest BCUT2D eigenvalue weighted by Gasteiger charge is -2.31. The SMILES string of the molecule is CSc1ccc(-c2noc(C(C)CC3CCN(OC(=O)OC(C)(C)C)CC3)n2)cc1F. The van der Waals surface area contributed by atoms with Gasteiger partial charge in [0.2, 0.25) is 11.7 Å². The zero-order valence-corrected chi connectivity index (χ0v) is 19.5. The Kier molecular flexibility index (Phi) is 7.59. The zero-order valence-electron chi connectivity index (χ0n) is 18.7. The van der Waals surface area contributed by atoms with Crippen LogP contribution in [0.2, 0.25) is 0 Å². The summed E-state index contributed by atoms with van der Waals surface area (Å²) in [5.41, 5.74) is 0.0291. The lowest BCUT2D eigenvalue weighted by molar-refractivity contribution is -0.155. The first-order valence-electron chi connectivity index (χ1n) is 10.5. The van der Waals surface area contributed by atoms with E-state index in [1.165, 1.54) is 17.8 Å². The first kappa shape index (κ1) is 23.5. The summed E-state index contributed by atoms with van der Waals surface area (Å²) in [6, 6.07) is 4.96. The summed E-state index contributed by atoms with van der Waals surface area (Å²) in [5.74, 6) is 1.21. The van der Waals surface area contributed by atoms with Crippen LogP contribution in [-0.4, -0.2) is 46.3 Å². The van der Waals surface area contributed by atoms with Crippen molar-refractivity contribution in [2.24, 2.45) is 5.92 Å². The topological polar surface area (TPSA) is 77.7 Å². The van der Waals surface area contributed by atoms with E-state index < -0.39 is 11.8 Å². The molecule has 1 unspecified atom stereocenters. The monoisotopic (exact) mass is 451 g/mol. The predicted molar refractivity (Wildman–Crippen MR) is 116 cm³/mol. The van der Waals surface area contributed by atoms with Crippen LogP contribution in [-0.2, 0) is 9.57 Å². The number of nitrogens with zero attached hydrogens (tertiary/aromatic N) is 3. The Hall–Kier alpha value is -2.13. The molecule has 170 valence electrons. The van der Waals surface area contributed by atoms with Gasteiger partial charge in [-0.15, -0.1) is 16.8 Å². The molecule has 31 heavy (non-hydrogen) atoms. The van der Waals surface area contributed by atoms with Gasteiger partial charge >= 0.3 is 6.16 Å². The van der Waals surface area contributed by atoms with Crippen molar-refractivity contribution in [2.75, 3.05) is 19.3 Å². The maximum absolute atomic E-state index is 14.1. The average molecular weight is 452 g/mol. The van der Waals surface area contributed by atoms with Gasteiger partial charge in [0, 0.05) is 29.5 Å². The molecule has 1 aliphatic rings. The fraction of sp³-hybridized carbons (Fsp3) is 0.591. The second kappa shape index (κ2) is 9.99. The van der Waals surface area contributed by atoms with Gasteiger partial charge in [0.25, 0.3) is 0 Å². The third-order valence-electron chi connectivity index (χ3n) is 5.13. The van der Waals surface area contributed by atoms with E-state index in [2.05, 4.69) is 17.1 Å². The number of thioether (sulfide) groups is 1. The minimum absolute atomic E-state index is 0.0832. The molecule has 3 rings (SSSR count). The summed E-state index contributed by atoms with van der Waals surface area (Å²) < 4.78 is 24.7. The van der Waals surface area contributed by atoms with E-state index >= 15 is 0 Å². The Morgan fingerprint density at radius 1 is 1.35 bits per heavy atom. The van der Waals surface area contributed by atoms with Crippen molar-refractivity contribution in [3.8, 4) is 11.4 Å². The lowest BCUT2D eigenvalue weighted by Crippen LogP contribution is -2.37. The largest absolute Gasteiger partial charge is 0.528 e. The number of halogens is 1. The predicted octanol–water partition coefficient (Wildman–Crippen LogP) is 5.67. The number of aromatic nitrogens is 2. The van der Waals surface area contributed by atoms with E-state index in [1.807, 2.05) is 6.26 Å². The van der Waals surface area contributed by atoms with Crippen molar-refractivity contribution in [3.63, 3.8) is 0 Å². The highest BCUT2D eigenvalue weighted by molar-refractivity contribution is 7.98. The minimum Gasteiger partial charge on any atom is -0.427 e. The van der Waals surface area contributed by atoms with Crippen LogP contribution in [0, 0.1) is 11.7 Å². The van der Waals surface area contributed by atoms with Crippen LogP contribution >= 0.6 is 11.8 Å². The van der Waals surface area contributed by atoms with E-state index in [0.29, 0.717) is 41.2 Å². The van der Waals surface area contributed by atoms with E-state index in [1.54, 1.807) is 38.0 Å². The van der Waals surface area contributed by atoms with E-state index in [4.69, 9.17) is 14.1 Å². The molecular formula is C22H30FN3O4S. The molecule has 1 aromatic heterocycles. The number of hydroxylamine groups is 2. The van der Waals surface area contributed by atoms with Gasteiger partial charge in [-0.3, -0.25) is 0 Å². The number of piperidine rings is 1.